The predicted molar refractivity (Wildman–Crippen MR) is 93.0 cm³/mol. The molecule has 0 atom stereocenters. The molecule has 1 heterocycles. The number of carbonyl (C=O) groups excluding carboxylic acids is 1. The van der Waals surface area contributed by atoms with Crippen LogP contribution >= 0.6 is 41.2 Å². The highest BCUT2D eigenvalue weighted by Gasteiger charge is 2.45. The molecule has 0 radical (unpaired) electrons. The van der Waals surface area contributed by atoms with E-state index in [1.807, 2.05) is 24.3 Å². The smallest absolute Gasteiger partial charge is 0.287 e. The monoisotopic (exact) mass is 391 g/mol. The van der Waals surface area contributed by atoms with E-state index in [4.69, 9.17) is 9.47 Å². The Bertz CT molecular complexity index is 478. The summed E-state index contributed by atoms with van der Waals surface area (Å²) in [6.07, 6.45) is 2.26. The van der Waals surface area contributed by atoms with Gasteiger partial charge < -0.3 is 14.4 Å². The van der Waals surface area contributed by atoms with Gasteiger partial charge in [0.1, 0.15) is 0 Å². The van der Waals surface area contributed by atoms with Crippen LogP contribution in [0.4, 0.5) is 5.69 Å². The molecule has 1 saturated heterocycles. The Balaban J connectivity index is 2.32. The minimum atomic E-state index is -1.28. The molecule has 0 bridgehead atoms. The zero-order valence-electron chi connectivity index (χ0n) is 11.5. The molecule has 2 rings (SSSR count). The summed E-state index contributed by atoms with van der Waals surface area (Å²) in [6.45, 7) is 0.647. The molecule has 1 amide bonds. The summed E-state index contributed by atoms with van der Waals surface area (Å²) < 4.78 is 12.1. The molecule has 0 saturated carbocycles. The zero-order valence-corrected chi connectivity index (χ0v) is 14.9. The molecule has 4 nitrogen and oxygen atoms in total. The minimum absolute atomic E-state index is 0.119. The molecule has 0 aliphatic carbocycles. The lowest BCUT2D eigenvalue weighted by molar-refractivity contribution is -0.214. The second kappa shape index (κ2) is 7.87. The highest BCUT2D eigenvalue weighted by atomic mass is 79.9. The number of carbonyl (C=O) groups is 1. The van der Waals surface area contributed by atoms with Crippen molar-refractivity contribution in [2.45, 2.75) is 25.0 Å². The van der Waals surface area contributed by atoms with Gasteiger partial charge in [-0.15, -0.1) is 0 Å². The summed E-state index contributed by atoms with van der Waals surface area (Å²) in [5.74, 6) is -1.24. The Kier molecular flexibility index (Phi) is 6.43. The van der Waals surface area contributed by atoms with Gasteiger partial charge in [-0.05, 0) is 37.1 Å². The first-order valence-electron chi connectivity index (χ1n) is 6.70. The van der Waals surface area contributed by atoms with Crippen LogP contribution in [0.1, 0.15) is 19.3 Å². The van der Waals surface area contributed by atoms with Gasteiger partial charge in [0.05, 0.1) is 11.9 Å². The van der Waals surface area contributed by atoms with E-state index in [1.165, 1.54) is 0 Å². The molecule has 1 aliphatic rings. The van der Waals surface area contributed by atoms with E-state index in [2.05, 4.69) is 41.2 Å². The van der Waals surface area contributed by atoms with Crippen LogP contribution in [-0.4, -0.2) is 30.1 Å². The molecular formula is C14H18BrNO3S2. The van der Waals surface area contributed by atoms with Crippen molar-refractivity contribution < 1.29 is 14.3 Å². The molecule has 1 aliphatic heterocycles. The first-order valence-corrected chi connectivity index (χ1v) is 8.76. The highest BCUT2D eigenvalue weighted by molar-refractivity contribution is 9.10. The third-order valence-electron chi connectivity index (χ3n) is 3.44. The third-order valence-corrected chi connectivity index (χ3v) is 4.23. The van der Waals surface area contributed by atoms with Crippen LogP contribution in [0.15, 0.2) is 28.7 Å². The van der Waals surface area contributed by atoms with Crippen LogP contribution in [0.5, 0.6) is 0 Å². The predicted octanol–water partition coefficient (Wildman–Crippen LogP) is 3.47. The van der Waals surface area contributed by atoms with E-state index in [-0.39, 0.29) is 17.8 Å². The summed E-state index contributed by atoms with van der Waals surface area (Å²) in [4.78, 5) is 14.6. The minimum Gasteiger partial charge on any atom is -0.331 e. The maximum Gasteiger partial charge on any atom is 0.287 e. The Labute approximate surface area is 144 Å². The molecular weight excluding hydrogens is 374 g/mol. The van der Waals surface area contributed by atoms with Gasteiger partial charge >= 0.3 is 0 Å². The fourth-order valence-electron chi connectivity index (χ4n) is 2.43. The standard InChI is InChI=1S/C14H18BrNO3S2/c15-11-3-5-12(6-4-11)16-8-2-1-7-14(13(16)17,18-9-20)19-10-21/h3-6,20-21H,1-2,7-10H2. The van der Waals surface area contributed by atoms with Gasteiger partial charge in [0.25, 0.3) is 11.7 Å². The van der Waals surface area contributed by atoms with Gasteiger partial charge in [0.2, 0.25) is 0 Å². The van der Waals surface area contributed by atoms with Gasteiger partial charge in [0.15, 0.2) is 0 Å². The SMILES string of the molecule is O=C1N(c2ccc(Br)cc2)CCCCC1(OCS)OCS. The number of nitrogens with zero attached hydrogens (tertiary/aromatic N) is 1. The lowest BCUT2D eigenvalue weighted by Gasteiger charge is -2.33. The Morgan fingerprint density at radius 2 is 1.76 bits per heavy atom. The molecule has 1 aromatic rings. The second-order valence-corrected chi connectivity index (χ2v) is 6.12. The maximum atomic E-state index is 12.9. The van der Waals surface area contributed by atoms with E-state index >= 15 is 0 Å². The van der Waals surface area contributed by atoms with Crippen LogP contribution in [-0.2, 0) is 14.3 Å². The topological polar surface area (TPSA) is 38.8 Å². The molecule has 0 aromatic heterocycles. The Morgan fingerprint density at radius 3 is 2.33 bits per heavy atom. The number of anilines is 1. The van der Waals surface area contributed by atoms with Gasteiger partial charge in [0, 0.05) is 23.1 Å². The number of benzene rings is 1. The van der Waals surface area contributed by atoms with Gasteiger partial charge in [-0.25, -0.2) is 0 Å². The molecule has 1 fully saturated rings. The van der Waals surface area contributed by atoms with E-state index in [9.17, 15) is 4.79 Å². The van der Waals surface area contributed by atoms with Gasteiger partial charge in [-0.2, -0.15) is 25.3 Å². The fraction of sp³-hybridized carbons (Fsp3) is 0.500. The van der Waals surface area contributed by atoms with Crippen molar-refractivity contribution in [3.05, 3.63) is 28.7 Å². The molecule has 21 heavy (non-hydrogen) atoms. The number of amides is 1. The van der Waals surface area contributed by atoms with Crippen LogP contribution in [0, 0.1) is 0 Å². The summed E-state index contributed by atoms with van der Waals surface area (Å²) in [7, 11) is 0. The summed E-state index contributed by atoms with van der Waals surface area (Å²) in [5.41, 5.74) is 0.833. The Morgan fingerprint density at radius 1 is 1.14 bits per heavy atom. The van der Waals surface area contributed by atoms with Crippen molar-refractivity contribution in [2.24, 2.45) is 0 Å². The van der Waals surface area contributed by atoms with Crippen molar-refractivity contribution in [1.29, 1.82) is 0 Å². The van der Waals surface area contributed by atoms with Crippen LogP contribution < -0.4 is 4.90 Å². The zero-order chi connectivity index (χ0) is 15.3. The highest BCUT2D eigenvalue weighted by Crippen LogP contribution is 2.31. The quantitative estimate of drug-likeness (QED) is 0.596. The van der Waals surface area contributed by atoms with Crippen molar-refractivity contribution >= 4 is 52.8 Å². The fourth-order valence-corrected chi connectivity index (χ4v) is 3.11. The second-order valence-electron chi connectivity index (χ2n) is 4.69. The number of rotatable bonds is 5. The summed E-state index contributed by atoms with van der Waals surface area (Å²) in [5, 5.41) is 0. The van der Waals surface area contributed by atoms with Crippen molar-refractivity contribution in [3.8, 4) is 0 Å². The van der Waals surface area contributed by atoms with Crippen LogP contribution in [0.3, 0.4) is 0 Å². The average Bonchev–Trinajstić information content (AvgIpc) is 2.62. The number of hydrogen-bond donors (Lipinski definition) is 2. The Hall–Kier alpha value is -0.210. The summed E-state index contributed by atoms with van der Waals surface area (Å²) in [6, 6.07) is 7.63. The molecule has 0 unspecified atom stereocenters. The number of ether oxygens (including phenoxy) is 2. The number of thiol groups is 2. The molecule has 1 aromatic carbocycles. The van der Waals surface area contributed by atoms with Crippen molar-refractivity contribution in [3.63, 3.8) is 0 Å². The molecule has 0 N–H and O–H groups in total. The van der Waals surface area contributed by atoms with E-state index in [1.54, 1.807) is 4.90 Å². The van der Waals surface area contributed by atoms with Crippen molar-refractivity contribution in [1.82, 2.24) is 0 Å². The van der Waals surface area contributed by atoms with Gasteiger partial charge in [-0.1, -0.05) is 15.9 Å². The molecule has 0 spiro atoms. The molecule has 7 heteroatoms. The largest absolute Gasteiger partial charge is 0.331 e. The lowest BCUT2D eigenvalue weighted by atomic mass is 10.1. The third kappa shape index (κ3) is 3.96. The maximum absolute atomic E-state index is 12.9. The number of hydrogen-bond acceptors (Lipinski definition) is 5. The lowest BCUT2D eigenvalue weighted by Crippen LogP contribution is -2.51. The van der Waals surface area contributed by atoms with Crippen molar-refractivity contribution in [2.75, 3.05) is 23.3 Å². The van der Waals surface area contributed by atoms with E-state index in [0.29, 0.717) is 13.0 Å². The average molecular weight is 392 g/mol. The number of halogens is 1. The normalized spacial score (nSPS) is 18.6. The van der Waals surface area contributed by atoms with Crippen LogP contribution in [0.2, 0.25) is 0 Å². The summed E-state index contributed by atoms with van der Waals surface area (Å²) >= 11 is 11.6. The van der Waals surface area contributed by atoms with Gasteiger partial charge in [-0.3, -0.25) is 4.79 Å². The van der Waals surface area contributed by atoms with E-state index in [0.717, 1.165) is 23.0 Å². The van der Waals surface area contributed by atoms with E-state index < -0.39 is 5.79 Å². The first-order chi connectivity index (χ1) is 10.1. The van der Waals surface area contributed by atoms with Crippen LogP contribution in [0.25, 0.3) is 0 Å². The molecule has 116 valence electrons. The first kappa shape index (κ1) is 17.1.